The zero-order valence-electron chi connectivity index (χ0n) is 6.90. The standard InChI is InChI=1S/C8H13NO2S/c10-5-2-1-3-7-12-8-9-4-6-11-8/h4,6,10H,1-3,5,7H2. The lowest BCUT2D eigenvalue weighted by atomic mass is 10.3. The molecule has 1 rings (SSSR count). The topological polar surface area (TPSA) is 46.3 Å². The third-order valence-corrected chi connectivity index (χ3v) is 2.38. The van der Waals surface area contributed by atoms with E-state index in [0.29, 0.717) is 6.61 Å². The Morgan fingerprint density at radius 1 is 1.42 bits per heavy atom. The van der Waals surface area contributed by atoms with E-state index < -0.39 is 0 Å². The van der Waals surface area contributed by atoms with E-state index in [0.717, 1.165) is 30.2 Å². The lowest BCUT2D eigenvalue weighted by Crippen LogP contribution is -1.85. The van der Waals surface area contributed by atoms with Crippen molar-refractivity contribution in [1.82, 2.24) is 4.98 Å². The van der Waals surface area contributed by atoms with Crippen LogP contribution in [0.25, 0.3) is 0 Å². The van der Waals surface area contributed by atoms with E-state index in [9.17, 15) is 0 Å². The molecule has 0 amide bonds. The van der Waals surface area contributed by atoms with E-state index in [1.54, 1.807) is 24.2 Å². The predicted octanol–water partition coefficient (Wildman–Crippen LogP) is 1.93. The van der Waals surface area contributed by atoms with E-state index in [1.807, 2.05) is 0 Å². The zero-order valence-corrected chi connectivity index (χ0v) is 7.72. The molecule has 1 aromatic rings. The van der Waals surface area contributed by atoms with Gasteiger partial charge in [-0.2, -0.15) is 0 Å². The molecular weight excluding hydrogens is 174 g/mol. The minimum Gasteiger partial charge on any atom is -0.440 e. The normalized spacial score (nSPS) is 10.4. The summed E-state index contributed by atoms with van der Waals surface area (Å²) in [7, 11) is 0. The summed E-state index contributed by atoms with van der Waals surface area (Å²) in [6.45, 7) is 0.295. The SMILES string of the molecule is OCCCCCSc1ncco1. The molecule has 0 spiro atoms. The van der Waals surface area contributed by atoms with Gasteiger partial charge in [0.1, 0.15) is 6.26 Å². The second-order valence-electron chi connectivity index (χ2n) is 2.43. The van der Waals surface area contributed by atoms with Crippen molar-refractivity contribution < 1.29 is 9.52 Å². The van der Waals surface area contributed by atoms with Crippen molar-refractivity contribution in [2.45, 2.75) is 24.5 Å². The van der Waals surface area contributed by atoms with Crippen LogP contribution in [-0.4, -0.2) is 22.5 Å². The largest absolute Gasteiger partial charge is 0.440 e. The van der Waals surface area contributed by atoms with Gasteiger partial charge in [-0.15, -0.1) is 0 Å². The number of oxazole rings is 1. The minimum absolute atomic E-state index is 0.295. The minimum atomic E-state index is 0.295. The predicted molar refractivity (Wildman–Crippen MR) is 48.2 cm³/mol. The van der Waals surface area contributed by atoms with Gasteiger partial charge < -0.3 is 9.52 Å². The van der Waals surface area contributed by atoms with Crippen LogP contribution in [0.2, 0.25) is 0 Å². The maximum Gasteiger partial charge on any atom is 0.255 e. The molecule has 0 fully saturated rings. The van der Waals surface area contributed by atoms with E-state index >= 15 is 0 Å². The van der Waals surface area contributed by atoms with Gasteiger partial charge in [0.25, 0.3) is 5.22 Å². The number of hydrogen-bond acceptors (Lipinski definition) is 4. The average molecular weight is 187 g/mol. The van der Waals surface area contributed by atoms with Gasteiger partial charge in [-0.1, -0.05) is 18.2 Å². The van der Waals surface area contributed by atoms with E-state index in [-0.39, 0.29) is 0 Å². The summed E-state index contributed by atoms with van der Waals surface area (Å²) in [6, 6.07) is 0. The van der Waals surface area contributed by atoms with Crippen molar-refractivity contribution in [2.75, 3.05) is 12.4 Å². The summed E-state index contributed by atoms with van der Waals surface area (Å²) in [5.41, 5.74) is 0. The van der Waals surface area contributed by atoms with Crippen LogP contribution in [-0.2, 0) is 0 Å². The monoisotopic (exact) mass is 187 g/mol. The van der Waals surface area contributed by atoms with Crippen LogP contribution in [0, 0.1) is 0 Å². The van der Waals surface area contributed by atoms with E-state index in [1.165, 1.54) is 0 Å². The number of aliphatic hydroxyl groups is 1. The summed E-state index contributed by atoms with van der Waals surface area (Å²) >= 11 is 1.62. The van der Waals surface area contributed by atoms with Crippen LogP contribution in [0.1, 0.15) is 19.3 Å². The molecule has 0 aliphatic rings. The fourth-order valence-electron chi connectivity index (χ4n) is 0.832. The Kier molecular flexibility index (Phi) is 4.87. The number of unbranched alkanes of at least 4 members (excludes halogenated alkanes) is 2. The molecule has 4 heteroatoms. The van der Waals surface area contributed by atoms with Gasteiger partial charge in [-0.25, -0.2) is 4.98 Å². The third kappa shape index (κ3) is 3.78. The van der Waals surface area contributed by atoms with Gasteiger partial charge in [-0.3, -0.25) is 0 Å². The summed E-state index contributed by atoms with van der Waals surface area (Å²) in [4.78, 5) is 3.98. The summed E-state index contributed by atoms with van der Waals surface area (Å²) in [6.07, 6.45) is 6.30. The molecule has 68 valence electrons. The van der Waals surface area contributed by atoms with Crippen LogP contribution in [0.5, 0.6) is 0 Å². The van der Waals surface area contributed by atoms with Crippen LogP contribution in [0.3, 0.4) is 0 Å². The summed E-state index contributed by atoms with van der Waals surface area (Å²) < 4.78 is 5.04. The van der Waals surface area contributed by atoms with Gasteiger partial charge in [0.05, 0.1) is 6.20 Å². The van der Waals surface area contributed by atoms with Crippen molar-refractivity contribution in [3.63, 3.8) is 0 Å². The number of aliphatic hydroxyl groups excluding tert-OH is 1. The van der Waals surface area contributed by atoms with Gasteiger partial charge in [-0.05, 0) is 12.8 Å². The first-order valence-corrected chi connectivity index (χ1v) is 5.05. The fourth-order valence-corrected chi connectivity index (χ4v) is 1.61. The lowest BCUT2D eigenvalue weighted by Gasteiger charge is -1.95. The Morgan fingerprint density at radius 2 is 2.33 bits per heavy atom. The van der Waals surface area contributed by atoms with Crippen molar-refractivity contribution in [1.29, 1.82) is 0 Å². The lowest BCUT2D eigenvalue weighted by molar-refractivity contribution is 0.284. The molecular formula is C8H13NO2S. The molecule has 0 saturated heterocycles. The second-order valence-corrected chi connectivity index (χ2v) is 3.48. The Bertz CT molecular complexity index is 189. The first-order chi connectivity index (χ1) is 5.93. The summed E-state index contributed by atoms with van der Waals surface area (Å²) in [5, 5.41) is 9.25. The molecule has 0 aromatic carbocycles. The highest BCUT2D eigenvalue weighted by molar-refractivity contribution is 7.99. The third-order valence-electron chi connectivity index (χ3n) is 1.44. The number of aromatic nitrogens is 1. The molecule has 0 aliphatic heterocycles. The molecule has 3 nitrogen and oxygen atoms in total. The van der Waals surface area contributed by atoms with Crippen molar-refractivity contribution in [3.05, 3.63) is 12.5 Å². The fraction of sp³-hybridized carbons (Fsp3) is 0.625. The average Bonchev–Trinajstić information content (AvgIpc) is 2.57. The molecule has 1 N–H and O–H groups in total. The molecule has 0 bridgehead atoms. The maximum absolute atomic E-state index is 8.51. The number of rotatable bonds is 6. The molecule has 0 saturated carbocycles. The second kappa shape index (κ2) is 6.08. The van der Waals surface area contributed by atoms with Crippen LogP contribution >= 0.6 is 11.8 Å². The first-order valence-electron chi connectivity index (χ1n) is 4.06. The zero-order chi connectivity index (χ0) is 8.65. The van der Waals surface area contributed by atoms with Crippen LogP contribution in [0.15, 0.2) is 22.1 Å². The van der Waals surface area contributed by atoms with Crippen LogP contribution in [0.4, 0.5) is 0 Å². The number of hydrogen-bond donors (Lipinski definition) is 1. The highest BCUT2D eigenvalue weighted by Gasteiger charge is 1.96. The Labute approximate surface area is 76.2 Å². The van der Waals surface area contributed by atoms with Crippen LogP contribution < -0.4 is 0 Å². The first kappa shape index (κ1) is 9.61. The van der Waals surface area contributed by atoms with Crippen molar-refractivity contribution in [3.8, 4) is 0 Å². The Hall–Kier alpha value is -0.480. The molecule has 0 unspecified atom stereocenters. The quantitative estimate of drug-likeness (QED) is 0.546. The molecule has 0 aliphatic carbocycles. The van der Waals surface area contributed by atoms with Gasteiger partial charge in [0.15, 0.2) is 0 Å². The molecule has 1 aromatic heterocycles. The van der Waals surface area contributed by atoms with Crippen molar-refractivity contribution in [2.24, 2.45) is 0 Å². The van der Waals surface area contributed by atoms with E-state index in [4.69, 9.17) is 9.52 Å². The summed E-state index contributed by atoms with van der Waals surface area (Å²) in [5.74, 6) is 1.01. The van der Waals surface area contributed by atoms with Crippen molar-refractivity contribution >= 4 is 11.8 Å². The molecule has 12 heavy (non-hydrogen) atoms. The number of nitrogens with zero attached hydrogens (tertiary/aromatic N) is 1. The Morgan fingerprint density at radius 3 is 3.00 bits per heavy atom. The van der Waals surface area contributed by atoms with Gasteiger partial charge >= 0.3 is 0 Å². The Balaban J connectivity index is 1.96. The highest BCUT2D eigenvalue weighted by atomic mass is 32.2. The molecule has 1 heterocycles. The van der Waals surface area contributed by atoms with Gasteiger partial charge in [0, 0.05) is 12.4 Å². The maximum atomic E-state index is 8.51. The molecule has 0 radical (unpaired) electrons. The highest BCUT2D eigenvalue weighted by Crippen LogP contribution is 2.16. The number of thioether (sulfide) groups is 1. The van der Waals surface area contributed by atoms with E-state index in [2.05, 4.69) is 4.98 Å². The molecule has 0 atom stereocenters. The van der Waals surface area contributed by atoms with Gasteiger partial charge in [0.2, 0.25) is 0 Å². The smallest absolute Gasteiger partial charge is 0.255 e.